The lowest BCUT2D eigenvalue weighted by Crippen LogP contribution is -1.94. The highest BCUT2D eigenvalue weighted by Crippen LogP contribution is 2.32. The van der Waals surface area contributed by atoms with Crippen LogP contribution in [-0.2, 0) is 6.42 Å². The van der Waals surface area contributed by atoms with Crippen LogP contribution in [0.1, 0.15) is 12.5 Å². The third kappa shape index (κ3) is 2.80. The van der Waals surface area contributed by atoms with Crippen molar-refractivity contribution in [3.05, 3.63) is 52.5 Å². The first-order valence-corrected chi connectivity index (χ1v) is 6.30. The summed E-state index contributed by atoms with van der Waals surface area (Å²) in [6, 6.07) is 13.6. The van der Waals surface area contributed by atoms with Gasteiger partial charge in [-0.05, 0) is 36.2 Å². The van der Waals surface area contributed by atoms with Crippen LogP contribution in [0.4, 0.5) is 5.69 Å². The molecule has 0 radical (unpaired) electrons. The Morgan fingerprint density at radius 2 is 1.88 bits per heavy atom. The fourth-order valence-corrected chi connectivity index (χ4v) is 1.95. The van der Waals surface area contributed by atoms with Gasteiger partial charge in [-0.2, -0.15) is 0 Å². The Labute approximate surface area is 110 Å². The number of nitrogens with two attached hydrogens (primary N) is 1. The Bertz CT molecular complexity index is 525. The molecule has 0 fully saturated rings. The minimum absolute atomic E-state index is 0.638. The van der Waals surface area contributed by atoms with Gasteiger partial charge in [0, 0.05) is 4.47 Å². The van der Waals surface area contributed by atoms with Gasteiger partial charge >= 0.3 is 0 Å². The van der Waals surface area contributed by atoms with Gasteiger partial charge in [0.2, 0.25) is 0 Å². The van der Waals surface area contributed by atoms with Gasteiger partial charge in [0.1, 0.15) is 5.75 Å². The second kappa shape index (κ2) is 5.23. The highest BCUT2D eigenvalue weighted by Gasteiger charge is 2.06. The van der Waals surface area contributed by atoms with E-state index in [4.69, 9.17) is 10.5 Å². The number of hydrogen-bond acceptors (Lipinski definition) is 2. The maximum absolute atomic E-state index is 5.88. The molecule has 0 saturated carbocycles. The van der Waals surface area contributed by atoms with Crippen LogP contribution >= 0.6 is 15.9 Å². The first kappa shape index (κ1) is 12.0. The lowest BCUT2D eigenvalue weighted by atomic mass is 10.1. The van der Waals surface area contributed by atoms with E-state index in [2.05, 4.69) is 28.9 Å². The van der Waals surface area contributed by atoms with E-state index in [9.17, 15) is 0 Å². The Morgan fingerprint density at radius 1 is 1.12 bits per heavy atom. The zero-order valence-corrected chi connectivity index (χ0v) is 11.2. The zero-order chi connectivity index (χ0) is 12.3. The van der Waals surface area contributed by atoms with E-state index in [1.807, 2.05) is 36.4 Å². The highest BCUT2D eigenvalue weighted by molar-refractivity contribution is 9.10. The van der Waals surface area contributed by atoms with Crippen molar-refractivity contribution in [1.82, 2.24) is 0 Å². The molecule has 0 unspecified atom stereocenters. The summed E-state index contributed by atoms with van der Waals surface area (Å²) >= 11 is 3.41. The molecule has 0 atom stereocenters. The highest BCUT2D eigenvalue weighted by atomic mass is 79.9. The van der Waals surface area contributed by atoms with Gasteiger partial charge in [0.25, 0.3) is 0 Å². The first-order valence-electron chi connectivity index (χ1n) is 5.51. The van der Waals surface area contributed by atoms with E-state index in [1.165, 1.54) is 5.56 Å². The molecule has 2 nitrogen and oxygen atoms in total. The maximum Gasteiger partial charge on any atom is 0.151 e. The third-order valence-electron chi connectivity index (χ3n) is 2.55. The lowest BCUT2D eigenvalue weighted by molar-refractivity contribution is 0.479. The van der Waals surface area contributed by atoms with E-state index in [0.29, 0.717) is 11.4 Å². The summed E-state index contributed by atoms with van der Waals surface area (Å²) in [6.07, 6.45) is 0.935. The van der Waals surface area contributed by atoms with E-state index < -0.39 is 0 Å². The van der Waals surface area contributed by atoms with Gasteiger partial charge in [-0.1, -0.05) is 41.1 Å². The molecule has 0 aromatic heterocycles. The number of hydrogen-bond donors (Lipinski definition) is 1. The Morgan fingerprint density at radius 3 is 2.65 bits per heavy atom. The molecule has 0 bridgehead atoms. The Balaban J connectivity index is 2.34. The number of ether oxygens (including phenoxy) is 1. The minimum Gasteiger partial charge on any atom is -0.455 e. The van der Waals surface area contributed by atoms with E-state index in [0.717, 1.165) is 16.6 Å². The summed E-state index contributed by atoms with van der Waals surface area (Å²) in [5.74, 6) is 1.54. The molecule has 0 spiro atoms. The number of nitrogen functional groups attached to an aromatic ring is 1. The number of rotatable bonds is 3. The molecular weight excluding hydrogens is 278 g/mol. The summed E-state index contributed by atoms with van der Waals surface area (Å²) in [5, 5.41) is 0. The average Bonchev–Trinajstić information content (AvgIpc) is 2.34. The molecule has 0 heterocycles. The molecule has 17 heavy (non-hydrogen) atoms. The van der Waals surface area contributed by atoms with Gasteiger partial charge in [0.05, 0.1) is 5.69 Å². The molecule has 0 aliphatic carbocycles. The molecule has 3 heteroatoms. The van der Waals surface area contributed by atoms with Crippen LogP contribution in [-0.4, -0.2) is 0 Å². The average molecular weight is 292 g/mol. The molecule has 88 valence electrons. The maximum atomic E-state index is 5.88. The number of anilines is 1. The lowest BCUT2D eigenvalue weighted by Gasteiger charge is -2.11. The quantitative estimate of drug-likeness (QED) is 0.852. The summed E-state index contributed by atoms with van der Waals surface area (Å²) in [5.41, 5.74) is 7.69. The van der Waals surface area contributed by atoms with Gasteiger partial charge in [-0.3, -0.25) is 0 Å². The van der Waals surface area contributed by atoms with Gasteiger partial charge in [-0.25, -0.2) is 0 Å². The molecule has 0 aliphatic rings. The molecule has 0 amide bonds. The fraction of sp³-hybridized carbons (Fsp3) is 0.143. The molecular formula is C14H14BrNO. The van der Waals surface area contributed by atoms with Crippen molar-refractivity contribution in [1.29, 1.82) is 0 Å². The SMILES string of the molecule is CCc1ccccc1Oc1cc(Br)ccc1N. The van der Waals surface area contributed by atoms with Crippen LogP contribution in [0.2, 0.25) is 0 Å². The van der Waals surface area contributed by atoms with Gasteiger partial charge in [0.15, 0.2) is 5.75 Å². The first-order chi connectivity index (χ1) is 8.20. The van der Waals surface area contributed by atoms with Crippen molar-refractivity contribution < 1.29 is 4.74 Å². The Kier molecular flexibility index (Phi) is 3.69. The number of aryl methyl sites for hydroxylation is 1. The molecule has 2 aromatic carbocycles. The fourth-order valence-electron chi connectivity index (χ4n) is 1.61. The van der Waals surface area contributed by atoms with Crippen molar-refractivity contribution in [2.24, 2.45) is 0 Å². The normalized spacial score (nSPS) is 10.2. The third-order valence-corrected chi connectivity index (χ3v) is 3.04. The van der Waals surface area contributed by atoms with Crippen LogP contribution in [0.25, 0.3) is 0 Å². The van der Waals surface area contributed by atoms with E-state index in [1.54, 1.807) is 0 Å². The number of halogens is 1. The molecule has 2 N–H and O–H groups in total. The van der Waals surface area contributed by atoms with Crippen molar-refractivity contribution in [3.63, 3.8) is 0 Å². The topological polar surface area (TPSA) is 35.2 Å². The number of para-hydroxylation sites is 1. The second-order valence-corrected chi connectivity index (χ2v) is 4.66. The molecule has 0 saturated heterocycles. The van der Waals surface area contributed by atoms with E-state index >= 15 is 0 Å². The summed E-state index contributed by atoms with van der Waals surface area (Å²) in [6.45, 7) is 2.10. The van der Waals surface area contributed by atoms with E-state index in [-0.39, 0.29) is 0 Å². The smallest absolute Gasteiger partial charge is 0.151 e. The Hall–Kier alpha value is -1.48. The van der Waals surface area contributed by atoms with Crippen LogP contribution in [0.5, 0.6) is 11.5 Å². The van der Waals surface area contributed by atoms with Crippen molar-refractivity contribution >= 4 is 21.6 Å². The predicted octanol–water partition coefficient (Wildman–Crippen LogP) is 4.39. The summed E-state index contributed by atoms with van der Waals surface area (Å²) in [4.78, 5) is 0. The van der Waals surface area contributed by atoms with Crippen LogP contribution in [0.3, 0.4) is 0 Å². The van der Waals surface area contributed by atoms with Crippen molar-refractivity contribution in [2.45, 2.75) is 13.3 Å². The zero-order valence-electron chi connectivity index (χ0n) is 9.61. The summed E-state index contributed by atoms with van der Waals surface area (Å²) in [7, 11) is 0. The van der Waals surface area contributed by atoms with Gasteiger partial charge < -0.3 is 10.5 Å². The minimum atomic E-state index is 0.638. The number of benzene rings is 2. The predicted molar refractivity (Wildman–Crippen MR) is 74.4 cm³/mol. The molecule has 2 aromatic rings. The summed E-state index contributed by atoms with van der Waals surface area (Å²) < 4.78 is 6.81. The second-order valence-electron chi connectivity index (χ2n) is 3.75. The van der Waals surface area contributed by atoms with Crippen molar-refractivity contribution in [3.8, 4) is 11.5 Å². The monoisotopic (exact) mass is 291 g/mol. The van der Waals surface area contributed by atoms with Crippen LogP contribution in [0, 0.1) is 0 Å². The molecule has 2 rings (SSSR count). The van der Waals surface area contributed by atoms with Crippen LogP contribution < -0.4 is 10.5 Å². The van der Waals surface area contributed by atoms with Crippen LogP contribution in [0.15, 0.2) is 46.9 Å². The van der Waals surface area contributed by atoms with Crippen molar-refractivity contribution in [2.75, 3.05) is 5.73 Å². The van der Waals surface area contributed by atoms with Gasteiger partial charge in [-0.15, -0.1) is 0 Å². The molecule has 0 aliphatic heterocycles. The standard InChI is InChI=1S/C14H14BrNO/c1-2-10-5-3-4-6-13(10)17-14-9-11(15)7-8-12(14)16/h3-9H,2,16H2,1H3. The largest absolute Gasteiger partial charge is 0.455 e.